The van der Waals surface area contributed by atoms with Crippen LogP contribution in [0, 0.1) is 11.8 Å². The first-order valence-corrected chi connectivity index (χ1v) is 7.80. The SMILES string of the molecule is CC(C)(C)OC1=C2CC2C(CO)C(O)C2COC(C)(C)N12. The smallest absolute Gasteiger partial charge is 0.191 e. The number of hydrogen-bond donors (Lipinski definition) is 2. The lowest BCUT2D eigenvalue weighted by molar-refractivity contribution is -0.0969. The van der Waals surface area contributed by atoms with Crippen LogP contribution in [0.5, 0.6) is 0 Å². The zero-order valence-electron chi connectivity index (χ0n) is 13.6. The van der Waals surface area contributed by atoms with Crippen LogP contribution in [-0.4, -0.2) is 51.8 Å². The van der Waals surface area contributed by atoms with E-state index in [1.807, 2.05) is 34.6 Å². The summed E-state index contributed by atoms with van der Waals surface area (Å²) in [6.45, 7) is 10.6. The standard InChI is InChI=1S/C16H27NO4/c1-15(2,3)21-14-10-6-9(10)11(7-18)13(19)12-8-20-16(4,5)17(12)14/h9,11-13,18-19H,6-8H2,1-5H3. The van der Waals surface area contributed by atoms with Crippen LogP contribution in [0.3, 0.4) is 0 Å². The molecule has 0 aromatic carbocycles. The molecule has 4 unspecified atom stereocenters. The molecule has 0 bridgehead atoms. The predicted molar refractivity (Wildman–Crippen MR) is 78.2 cm³/mol. The average Bonchev–Trinajstić information content (AvgIpc) is 3.04. The zero-order chi connectivity index (χ0) is 15.6. The third kappa shape index (κ3) is 2.45. The third-order valence-electron chi connectivity index (χ3n) is 4.70. The number of ether oxygens (including phenoxy) is 2. The number of nitrogens with zero attached hydrogens (tertiary/aromatic N) is 1. The highest BCUT2D eigenvalue weighted by Crippen LogP contribution is 2.54. The monoisotopic (exact) mass is 297 g/mol. The first-order chi connectivity index (χ1) is 9.65. The first-order valence-electron chi connectivity index (χ1n) is 7.80. The normalized spacial score (nSPS) is 38.0. The molecule has 21 heavy (non-hydrogen) atoms. The van der Waals surface area contributed by atoms with Gasteiger partial charge in [-0.1, -0.05) is 0 Å². The Balaban J connectivity index is 2.03. The van der Waals surface area contributed by atoms with E-state index in [2.05, 4.69) is 4.90 Å². The molecule has 2 N–H and O–H groups in total. The molecule has 3 aliphatic rings. The molecule has 2 heterocycles. The number of allylic oxidation sites excluding steroid dienone is 1. The van der Waals surface area contributed by atoms with Crippen molar-refractivity contribution in [3.8, 4) is 0 Å². The van der Waals surface area contributed by atoms with Crippen LogP contribution < -0.4 is 0 Å². The van der Waals surface area contributed by atoms with E-state index < -0.39 is 11.8 Å². The van der Waals surface area contributed by atoms with Crippen molar-refractivity contribution in [2.75, 3.05) is 13.2 Å². The van der Waals surface area contributed by atoms with Gasteiger partial charge in [-0.2, -0.15) is 0 Å². The van der Waals surface area contributed by atoms with Gasteiger partial charge in [-0.15, -0.1) is 0 Å². The summed E-state index contributed by atoms with van der Waals surface area (Å²) in [5.41, 5.74) is 0.406. The molecule has 4 atom stereocenters. The molecule has 3 rings (SSSR count). The van der Waals surface area contributed by atoms with Crippen molar-refractivity contribution in [1.29, 1.82) is 0 Å². The van der Waals surface area contributed by atoms with Gasteiger partial charge in [0.15, 0.2) is 5.88 Å². The number of hydrogen-bond acceptors (Lipinski definition) is 5. The highest BCUT2D eigenvalue weighted by Gasteiger charge is 2.57. The van der Waals surface area contributed by atoms with E-state index in [4.69, 9.17) is 9.47 Å². The van der Waals surface area contributed by atoms with E-state index in [0.717, 1.165) is 12.3 Å². The summed E-state index contributed by atoms with van der Waals surface area (Å²) in [7, 11) is 0. The summed E-state index contributed by atoms with van der Waals surface area (Å²) in [5.74, 6) is 0.977. The van der Waals surface area contributed by atoms with E-state index in [0.29, 0.717) is 6.61 Å². The van der Waals surface area contributed by atoms with Gasteiger partial charge in [0.05, 0.1) is 18.8 Å². The third-order valence-corrected chi connectivity index (χ3v) is 4.70. The molecule has 5 heteroatoms. The zero-order valence-corrected chi connectivity index (χ0v) is 13.6. The van der Waals surface area contributed by atoms with Gasteiger partial charge >= 0.3 is 0 Å². The Kier molecular flexibility index (Phi) is 3.32. The van der Waals surface area contributed by atoms with Gasteiger partial charge in [-0.3, -0.25) is 0 Å². The molecule has 0 aromatic rings. The van der Waals surface area contributed by atoms with Crippen molar-refractivity contribution in [1.82, 2.24) is 4.90 Å². The van der Waals surface area contributed by atoms with Gasteiger partial charge in [-0.25, -0.2) is 0 Å². The maximum Gasteiger partial charge on any atom is 0.191 e. The van der Waals surface area contributed by atoms with E-state index >= 15 is 0 Å². The second-order valence-corrected chi connectivity index (χ2v) is 7.89. The second-order valence-electron chi connectivity index (χ2n) is 7.89. The summed E-state index contributed by atoms with van der Waals surface area (Å²) >= 11 is 0. The van der Waals surface area contributed by atoms with Crippen LogP contribution in [0.2, 0.25) is 0 Å². The minimum atomic E-state index is -0.597. The van der Waals surface area contributed by atoms with Gasteiger partial charge in [0.1, 0.15) is 11.3 Å². The predicted octanol–water partition coefficient (Wildman–Crippen LogP) is 1.45. The van der Waals surface area contributed by atoms with Crippen LogP contribution in [0.25, 0.3) is 0 Å². The fourth-order valence-electron chi connectivity index (χ4n) is 3.63. The molecule has 2 fully saturated rings. The molecule has 2 aliphatic heterocycles. The maximum atomic E-state index is 10.7. The van der Waals surface area contributed by atoms with E-state index in [9.17, 15) is 10.2 Å². The molecule has 1 saturated heterocycles. The molecule has 1 saturated carbocycles. The van der Waals surface area contributed by atoms with E-state index in [1.165, 1.54) is 5.57 Å². The molecule has 1 aliphatic carbocycles. The summed E-state index contributed by atoms with van der Waals surface area (Å²) in [6.07, 6.45) is 0.299. The van der Waals surface area contributed by atoms with Crippen LogP contribution in [0.15, 0.2) is 11.5 Å². The lowest BCUT2D eigenvalue weighted by Crippen LogP contribution is -2.50. The van der Waals surface area contributed by atoms with E-state index in [1.54, 1.807) is 0 Å². The molecular formula is C16H27NO4. The largest absolute Gasteiger partial charge is 0.473 e. The molecule has 120 valence electrons. The molecular weight excluding hydrogens is 270 g/mol. The van der Waals surface area contributed by atoms with Crippen LogP contribution in [-0.2, 0) is 9.47 Å². The van der Waals surface area contributed by atoms with Gasteiger partial charge < -0.3 is 24.6 Å². The van der Waals surface area contributed by atoms with Crippen LogP contribution in [0.1, 0.15) is 41.0 Å². The Hall–Kier alpha value is -0.780. The van der Waals surface area contributed by atoms with Crippen molar-refractivity contribution in [3.05, 3.63) is 11.5 Å². The van der Waals surface area contributed by atoms with Crippen molar-refractivity contribution in [2.45, 2.75) is 64.5 Å². The Morgan fingerprint density at radius 2 is 2.05 bits per heavy atom. The van der Waals surface area contributed by atoms with Crippen molar-refractivity contribution < 1.29 is 19.7 Å². The average molecular weight is 297 g/mol. The summed E-state index contributed by atoms with van der Waals surface area (Å²) in [5, 5.41) is 20.4. The maximum absolute atomic E-state index is 10.7. The lowest BCUT2D eigenvalue weighted by Gasteiger charge is -2.40. The van der Waals surface area contributed by atoms with Crippen LogP contribution >= 0.6 is 0 Å². The van der Waals surface area contributed by atoms with Gasteiger partial charge in [0.2, 0.25) is 0 Å². The number of aliphatic hydroxyl groups is 2. The Bertz CT molecular complexity index is 465. The van der Waals surface area contributed by atoms with Crippen molar-refractivity contribution in [3.63, 3.8) is 0 Å². The van der Waals surface area contributed by atoms with Gasteiger partial charge in [0.25, 0.3) is 0 Å². The van der Waals surface area contributed by atoms with Gasteiger partial charge in [0, 0.05) is 12.5 Å². The first kappa shape index (κ1) is 15.1. The van der Waals surface area contributed by atoms with Crippen LogP contribution in [0.4, 0.5) is 0 Å². The van der Waals surface area contributed by atoms with Crippen molar-refractivity contribution in [2.24, 2.45) is 11.8 Å². The number of rotatable bonds is 2. The summed E-state index contributed by atoms with van der Waals surface area (Å²) < 4.78 is 12.1. The Morgan fingerprint density at radius 3 is 2.62 bits per heavy atom. The summed E-state index contributed by atoms with van der Waals surface area (Å²) in [6, 6.07) is -0.158. The topological polar surface area (TPSA) is 62.2 Å². The summed E-state index contributed by atoms with van der Waals surface area (Å²) in [4.78, 5) is 2.09. The lowest BCUT2D eigenvalue weighted by atomic mass is 9.92. The molecule has 0 radical (unpaired) electrons. The molecule has 0 amide bonds. The fraction of sp³-hybridized carbons (Fsp3) is 0.875. The van der Waals surface area contributed by atoms with Crippen molar-refractivity contribution >= 4 is 0 Å². The Morgan fingerprint density at radius 1 is 1.38 bits per heavy atom. The Labute approximate surface area is 126 Å². The highest BCUT2D eigenvalue weighted by atomic mass is 16.6. The number of fused-ring (bicyclic) bond motifs is 2. The molecule has 5 nitrogen and oxygen atoms in total. The molecule has 0 aromatic heterocycles. The molecule has 0 spiro atoms. The van der Waals surface area contributed by atoms with E-state index in [-0.39, 0.29) is 30.1 Å². The number of aliphatic hydroxyl groups excluding tert-OH is 2. The quantitative estimate of drug-likeness (QED) is 0.808. The minimum absolute atomic E-state index is 0.00288. The minimum Gasteiger partial charge on any atom is -0.473 e. The van der Waals surface area contributed by atoms with Gasteiger partial charge in [-0.05, 0) is 52.5 Å². The highest BCUT2D eigenvalue weighted by molar-refractivity contribution is 5.32. The fourth-order valence-corrected chi connectivity index (χ4v) is 3.63. The second kappa shape index (κ2) is 4.61.